The van der Waals surface area contributed by atoms with Crippen LogP contribution in [0.2, 0.25) is 0 Å². The first-order chi connectivity index (χ1) is 9.42. The average molecular weight is 295 g/mol. The first kappa shape index (κ1) is 16.1. The summed E-state index contributed by atoms with van der Waals surface area (Å²) in [7, 11) is -3.74. The highest BCUT2D eigenvalue weighted by Gasteiger charge is 2.19. The van der Waals surface area contributed by atoms with Crippen LogP contribution >= 0.6 is 0 Å². The first-order valence-electron chi connectivity index (χ1n) is 6.24. The molecule has 0 fully saturated rings. The number of amides is 1. The van der Waals surface area contributed by atoms with E-state index in [1.807, 2.05) is 25.2 Å². The highest BCUT2D eigenvalue weighted by atomic mass is 32.2. The van der Waals surface area contributed by atoms with Crippen molar-refractivity contribution >= 4 is 15.9 Å². The standard InChI is InChI=1S/C14H17NO4S/c1-3-11-7-5-8-12(4-2)13(11)20(18,19)10-6-9-15-14(16)17/h5,7-8,15H,3-4,9H2,1-2H3,(H,16,17). The van der Waals surface area contributed by atoms with Crippen LogP contribution in [0.4, 0.5) is 4.79 Å². The lowest BCUT2D eigenvalue weighted by Gasteiger charge is -2.10. The van der Waals surface area contributed by atoms with Gasteiger partial charge in [0.15, 0.2) is 0 Å². The van der Waals surface area contributed by atoms with Gasteiger partial charge in [-0.15, -0.1) is 0 Å². The van der Waals surface area contributed by atoms with Gasteiger partial charge in [-0.2, -0.15) is 0 Å². The number of hydrogen-bond acceptors (Lipinski definition) is 3. The molecule has 2 N–H and O–H groups in total. The van der Waals surface area contributed by atoms with E-state index in [1.165, 1.54) is 0 Å². The summed E-state index contributed by atoms with van der Waals surface area (Å²) in [6.07, 6.45) is -0.0468. The fraction of sp³-hybridized carbons (Fsp3) is 0.357. The summed E-state index contributed by atoms with van der Waals surface area (Å²) in [5, 5.41) is 12.6. The van der Waals surface area contributed by atoms with Crippen LogP contribution in [0.1, 0.15) is 25.0 Å². The van der Waals surface area contributed by atoms with Crippen LogP contribution in [0.3, 0.4) is 0 Å². The van der Waals surface area contributed by atoms with Crippen molar-refractivity contribution in [2.24, 2.45) is 0 Å². The zero-order valence-corrected chi connectivity index (χ0v) is 12.3. The molecule has 0 unspecified atom stereocenters. The molecule has 1 amide bonds. The maximum absolute atomic E-state index is 12.3. The van der Waals surface area contributed by atoms with Crippen molar-refractivity contribution < 1.29 is 18.3 Å². The number of carboxylic acid groups (broad SMARTS) is 1. The Morgan fingerprint density at radius 3 is 2.25 bits per heavy atom. The van der Waals surface area contributed by atoms with Gasteiger partial charge in [0.05, 0.1) is 11.4 Å². The first-order valence-corrected chi connectivity index (χ1v) is 7.72. The average Bonchev–Trinajstić information content (AvgIpc) is 2.42. The summed E-state index contributed by atoms with van der Waals surface area (Å²) in [5.41, 5.74) is 1.45. The van der Waals surface area contributed by atoms with Gasteiger partial charge in [-0.3, -0.25) is 0 Å². The maximum atomic E-state index is 12.3. The summed E-state index contributed by atoms with van der Waals surface area (Å²) >= 11 is 0. The SMILES string of the molecule is CCc1cccc(CC)c1S(=O)(=O)C#CCNC(=O)O. The van der Waals surface area contributed by atoms with Crippen LogP contribution in [0.25, 0.3) is 0 Å². The van der Waals surface area contributed by atoms with E-state index < -0.39 is 15.9 Å². The highest BCUT2D eigenvalue weighted by Crippen LogP contribution is 2.22. The second-order valence-corrected chi connectivity index (χ2v) is 5.67. The van der Waals surface area contributed by atoms with E-state index in [1.54, 1.807) is 12.1 Å². The Morgan fingerprint density at radius 1 is 1.25 bits per heavy atom. The molecule has 0 saturated heterocycles. The van der Waals surface area contributed by atoms with Crippen molar-refractivity contribution in [1.82, 2.24) is 5.32 Å². The van der Waals surface area contributed by atoms with Gasteiger partial charge in [-0.1, -0.05) is 38.0 Å². The monoisotopic (exact) mass is 295 g/mol. The maximum Gasteiger partial charge on any atom is 0.405 e. The van der Waals surface area contributed by atoms with Crippen LogP contribution in [0.5, 0.6) is 0 Å². The quantitative estimate of drug-likeness (QED) is 0.655. The predicted octanol–water partition coefficient (Wildman–Crippen LogP) is 1.81. The number of hydrogen-bond donors (Lipinski definition) is 2. The summed E-state index contributed by atoms with van der Waals surface area (Å²) in [4.78, 5) is 10.5. The zero-order valence-electron chi connectivity index (χ0n) is 11.4. The molecule has 0 saturated carbocycles. The van der Waals surface area contributed by atoms with Gasteiger partial charge in [-0.05, 0) is 24.0 Å². The van der Waals surface area contributed by atoms with E-state index in [9.17, 15) is 13.2 Å². The molecule has 0 aliphatic rings. The zero-order chi connectivity index (χ0) is 15.2. The molecular weight excluding hydrogens is 278 g/mol. The fourth-order valence-corrected chi connectivity index (χ4v) is 3.32. The Kier molecular flexibility index (Phi) is 5.59. The second-order valence-electron chi connectivity index (χ2n) is 4.05. The molecule has 0 bridgehead atoms. The van der Waals surface area contributed by atoms with Gasteiger partial charge in [0.2, 0.25) is 9.84 Å². The van der Waals surface area contributed by atoms with Crippen molar-refractivity contribution in [3.05, 3.63) is 29.3 Å². The lowest BCUT2D eigenvalue weighted by atomic mass is 10.1. The second kappa shape index (κ2) is 6.96. The Bertz CT molecular complexity index is 631. The Hall–Kier alpha value is -2.00. The predicted molar refractivity (Wildman–Crippen MR) is 76.2 cm³/mol. The summed E-state index contributed by atoms with van der Waals surface area (Å²) in [6.45, 7) is 3.55. The molecule has 6 heteroatoms. The molecule has 108 valence electrons. The van der Waals surface area contributed by atoms with Crippen molar-refractivity contribution in [3.8, 4) is 11.2 Å². The number of carbonyl (C=O) groups is 1. The topological polar surface area (TPSA) is 83.5 Å². The minimum absolute atomic E-state index is 0.218. The van der Waals surface area contributed by atoms with Gasteiger partial charge < -0.3 is 10.4 Å². The third kappa shape index (κ3) is 4.00. The van der Waals surface area contributed by atoms with Crippen LogP contribution in [0.15, 0.2) is 23.1 Å². The van der Waals surface area contributed by atoms with Gasteiger partial charge in [0.1, 0.15) is 0 Å². The van der Waals surface area contributed by atoms with Crippen LogP contribution in [-0.2, 0) is 22.7 Å². The molecule has 5 nitrogen and oxygen atoms in total. The molecule has 0 spiro atoms. The van der Waals surface area contributed by atoms with Gasteiger partial charge in [-0.25, -0.2) is 13.2 Å². The van der Waals surface area contributed by atoms with E-state index in [0.29, 0.717) is 12.8 Å². The summed E-state index contributed by atoms with van der Waals surface area (Å²) < 4.78 is 24.6. The van der Waals surface area contributed by atoms with Gasteiger partial charge in [0.25, 0.3) is 0 Å². The lowest BCUT2D eigenvalue weighted by molar-refractivity contribution is 0.196. The highest BCUT2D eigenvalue weighted by molar-refractivity contribution is 7.96. The third-order valence-electron chi connectivity index (χ3n) is 2.74. The smallest absolute Gasteiger partial charge is 0.405 e. The van der Waals surface area contributed by atoms with Crippen molar-refractivity contribution in [2.45, 2.75) is 31.6 Å². The molecule has 0 aromatic heterocycles. The molecule has 0 heterocycles. The van der Waals surface area contributed by atoms with Crippen molar-refractivity contribution in [1.29, 1.82) is 0 Å². The Labute approximate surface area is 118 Å². The summed E-state index contributed by atoms with van der Waals surface area (Å²) in [6, 6.07) is 5.36. The third-order valence-corrected chi connectivity index (χ3v) is 4.22. The summed E-state index contributed by atoms with van der Waals surface area (Å²) in [5.74, 6) is 2.33. The lowest BCUT2D eigenvalue weighted by Crippen LogP contribution is -2.20. The molecule has 1 aromatic carbocycles. The minimum atomic E-state index is -3.74. The van der Waals surface area contributed by atoms with E-state index in [4.69, 9.17) is 5.11 Å². The molecule has 1 aromatic rings. The van der Waals surface area contributed by atoms with Gasteiger partial charge in [0, 0.05) is 5.25 Å². The number of nitrogens with one attached hydrogen (secondary N) is 1. The van der Waals surface area contributed by atoms with E-state index in [-0.39, 0.29) is 11.4 Å². The largest absolute Gasteiger partial charge is 0.465 e. The van der Waals surface area contributed by atoms with Crippen molar-refractivity contribution in [2.75, 3.05) is 6.54 Å². The Balaban J connectivity index is 3.18. The molecule has 0 radical (unpaired) electrons. The van der Waals surface area contributed by atoms with Crippen LogP contribution in [-0.4, -0.2) is 26.2 Å². The van der Waals surface area contributed by atoms with Gasteiger partial charge >= 0.3 is 6.09 Å². The minimum Gasteiger partial charge on any atom is -0.465 e. The molecule has 20 heavy (non-hydrogen) atoms. The van der Waals surface area contributed by atoms with E-state index in [2.05, 4.69) is 11.2 Å². The molecule has 0 aliphatic carbocycles. The molecule has 0 atom stereocenters. The number of sulfone groups is 1. The van der Waals surface area contributed by atoms with E-state index >= 15 is 0 Å². The molecule has 0 aliphatic heterocycles. The van der Waals surface area contributed by atoms with Crippen LogP contribution in [0, 0.1) is 11.2 Å². The number of rotatable bonds is 4. The molecular formula is C14H17NO4S. The van der Waals surface area contributed by atoms with Crippen molar-refractivity contribution in [3.63, 3.8) is 0 Å². The van der Waals surface area contributed by atoms with E-state index in [0.717, 1.165) is 11.1 Å². The van der Waals surface area contributed by atoms with Crippen LogP contribution < -0.4 is 5.32 Å². The molecule has 1 rings (SSSR count). The fourth-order valence-electron chi connectivity index (χ4n) is 1.84. The number of benzene rings is 1. The normalized spacial score (nSPS) is 10.5. The Morgan fingerprint density at radius 2 is 1.80 bits per heavy atom. The number of aryl methyl sites for hydroxylation is 2.